The Morgan fingerprint density at radius 1 is 0.860 bits per heavy atom. The summed E-state index contributed by atoms with van der Waals surface area (Å²) in [6.45, 7) is -1.47. The Bertz CT molecular complexity index is 1360. The van der Waals surface area contributed by atoms with Crippen LogP contribution in [0.3, 0.4) is 0 Å². The van der Waals surface area contributed by atoms with Gasteiger partial charge in [-0.25, -0.2) is 24.2 Å². The summed E-state index contributed by atoms with van der Waals surface area (Å²) in [7, 11) is 0. The Morgan fingerprint density at radius 3 is 1.81 bits per heavy atom. The SMILES string of the molecule is NC(N)=Nc1ccc(C(=O)Oc2ccc(COC(=O)N(CC(=O)O)C(CC(=O)O)C(=O)O)cc2)cc1.O=C(O)C(F)(F)F. The van der Waals surface area contributed by atoms with Crippen LogP contribution in [0.4, 0.5) is 23.7 Å². The zero-order chi connectivity index (χ0) is 32.9. The molecule has 0 heterocycles. The quantitative estimate of drug-likeness (QED) is 0.0901. The van der Waals surface area contributed by atoms with E-state index in [1.54, 1.807) is 0 Å². The number of guanidine groups is 1. The van der Waals surface area contributed by atoms with Crippen LogP contribution in [0.25, 0.3) is 0 Å². The second-order valence-corrected chi connectivity index (χ2v) is 7.95. The van der Waals surface area contributed by atoms with Gasteiger partial charge in [0.25, 0.3) is 0 Å². The van der Waals surface area contributed by atoms with E-state index in [0.29, 0.717) is 16.2 Å². The molecule has 2 rings (SSSR count). The maximum atomic E-state index is 12.3. The molecule has 0 aromatic heterocycles. The van der Waals surface area contributed by atoms with Gasteiger partial charge in [0.2, 0.25) is 0 Å². The van der Waals surface area contributed by atoms with Gasteiger partial charge >= 0.3 is 42.1 Å². The van der Waals surface area contributed by atoms with Gasteiger partial charge in [0, 0.05) is 0 Å². The highest BCUT2D eigenvalue weighted by molar-refractivity contribution is 5.91. The smallest absolute Gasteiger partial charge is 0.481 e. The first-order valence-corrected chi connectivity index (χ1v) is 11.3. The molecule has 0 saturated carbocycles. The van der Waals surface area contributed by atoms with Crippen LogP contribution in [0.5, 0.6) is 5.75 Å². The number of carboxylic acids is 4. The van der Waals surface area contributed by atoms with Crippen molar-refractivity contribution >= 4 is 47.6 Å². The largest absolute Gasteiger partial charge is 0.490 e. The minimum absolute atomic E-state index is 0.132. The van der Waals surface area contributed by atoms with Crippen molar-refractivity contribution in [2.75, 3.05) is 6.54 Å². The Labute approximate surface area is 238 Å². The van der Waals surface area contributed by atoms with Crippen LogP contribution in [-0.2, 0) is 30.5 Å². The van der Waals surface area contributed by atoms with E-state index in [2.05, 4.69) is 4.99 Å². The van der Waals surface area contributed by atoms with E-state index in [9.17, 15) is 42.3 Å². The van der Waals surface area contributed by atoms with Crippen LogP contribution in [0.1, 0.15) is 22.3 Å². The van der Waals surface area contributed by atoms with Gasteiger partial charge < -0.3 is 41.4 Å². The first kappa shape index (κ1) is 35.1. The molecule has 1 unspecified atom stereocenters. The van der Waals surface area contributed by atoms with Crippen LogP contribution < -0.4 is 16.2 Å². The van der Waals surface area contributed by atoms with Crippen LogP contribution in [0, 0.1) is 0 Å². The highest BCUT2D eigenvalue weighted by Gasteiger charge is 2.38. The van der Waals surface area contributed by atoms with E-state index in [4.69, 9.17) is 41.1 Å². The summed E-state index contributed by atoms with van der Waals surface area (Å²) in [5.74, 6) is -8.18. The van der Waals surface area contributed by atoms with Crippen molar-refractivity contribution in [2.45, 2.75) is 25.2 Å². The Kier molecular flexibility index (Phi) is 12.9. The number of hydrogen-bond donors (Lipinski definition) is 6. The third kappa shape index (κ3) is 12.9. The third-order valence-corrected chi connectivity index (χ3v) is 4.67. The number of carbonyl (C=O) groups is 6. The molecule has 2 aromatic carbocycles. The predicted molar refractivity (Wildman–Crippen MR) is 135 cm³/mol. The van der Waals surface area contributed by atoms with E-state index in [0.717, 1.165) is 0 Å². The number of aliphatic imine (C=N–C) groups is 1. The van der Waals surface area contributed by atoms with Crippen molar-refractivity contribution in [3.63, 3.8) is 0 Å². The van der Waals surface area contributed by atoms with Gasteiger partial charge in [-0.1, -0.05) is 12.1 Å². The maximum Gasteiger partial charge on any atom is 0.490 e. The van der Waals surface area contributed by atoms with Gasteiger partial charge in [0.15, 0.2) is 5.96 Å². The molecule has 0 aliphatic carbocycles. The van der Waals surface area contributed by atoms with Gasteiger partial charge in [0.05, 0.1) is 17.7 Å². The number of amides is 1. The summed E-state index contributed by atoms with van der Waals surface area (Å²) in [5.41, 5.74) is 11.7. The highest BCUT2D eigenvalue weighted by Crippen LogP contribution is 2.18. The summed E-state index contributed by atoms with van der Waals surface area (Å²) in [4.78, 5) is 71.0. The molecule has 8 N–H and O–H groups in total. The third-order valence-electron chi connectivity index (χ3n) is 4.67. The van der Waals surface area contributed by atoms with Crippen molar-refractivity contribution in [1.82, 2.24) is 4.90 Å². The molecule has 0 spiro atoms. The lowest BCUT2D eigenvalue weighted by Gasteiger charge is -2.25. The Hall–Kier alpha value is -5.88. The highest BCUT2D eigenvalue weighted by atomic mass is 19.4. The van der Waals surface area contributed by atoms with Crippen LogP contribution in [0.2, 0.25) is 0 Å². The number of carbonyl (C=O) groups excluding carboxylic acids is 2. The molecule has 0 saturated heterocycles. The van der Waals surface area contributed by atoms with E-state index >= 15 is 0 Å². The number of halogens is 3. The monoisotopic (exact) mass is 616 g/mol. The zero-order valence-electron chi connectivity index (χ0n) is 21.6. The second-order valence-electron chi connectivity index (χ2n) is 7.95. The number of aliphatic carboxylic acids is 4. The van der Waals surface area contributed by atoms with Gasteiger partial charge in [-0.2, -0.15) is 13.2 Å². The Morgan fingerprint density at radius 2 is 1.40 bits per heavy atom. The van der Waals surface area contributed by atoms with Gasteiger partial charge in [-0.3, -0.25) is 14.5 Å². The number of rotatable bonds is 11. The maximum absolute atomic E-state index is 12.3. The van der Waals surface area contributed by atoms with Gasteiger partial charge in [-0.05, 0) is 42.0 Å². The lowest BCUT2D eigenvalue weighted by molar-refractivity contribution is -0.192. The van der Waals surface area contributed by atoms with E-state index in [1.807, 2.05) is 0 Å². The molecule has 0 radical (unpaired) electrons. The molecule has 19 heteroatoms. The first-order valence-electron chi connectivity index (χ1n) is 11.3. The molecule has 0 aliphatic rings. The average molecular weight is 616 g/mol. The standard InChI is InChI=1S/C22H22N4O10.C2HF3O2/c23-21(24)25-14-5-3-13(4-6-14)20(33)36-15-7-1-12(2-8-15)11-35-22(34)26(10-18(29)30)16(19(31)32)9-17(27)28;3-2(4,5)1(6)7/h1-8,16H,9-11H2,(H,27,28)(H,29,30)(H,31,32)(H4,23,24,25);(H,6,7). The number of alkyl halides is 3. The van der Waals surface area contributed by atoms with Crippen molar-refractivity contribution in [3.05, 3.63) is 59.7 Å². The number of hydrogen-bond acceptors (Lipinski definition) is 9. The average Bonchev–Trinajstić information content (AvgIpc) is 2.89. The van der Waals surface area contributed by atoms with Crippen LogP contribution in [0.15, 0.2) is 53.5 Å². The van der Waals surface area contributed by atoms with Crippen molar-refractivity contribution in [2.24, 2.45) is 16.5 Å². The molecule has 0 bridgehead atoms. The number of nitrogens with two attached hydrogens (primary N) is 2. The molecule has 43 heavy (non-hydrogen) atoms. The molecule has 1 amide bonds. The molecule has 232 valence electrons. The summed E-state index contributed by atoms with van der Waals surface area (Å²) in [5, 5.41) is 34.2. The predicted octanol–water partition coefficient (Wildman–Crippen LogP) is 1.40. The fraction of sp³-hybridized carbons (Fsp3) is 0.208. The fourth-order valence-electron chi connectivity index (χ4n) is 2.81. The molecular formula is C24H23F3N4O12. The first-order chi connectivity index (χ1) is 19.9. The van der Waals surface area contributed by atoms with Gasteiger partial charge in [-0.15, -0.1) is 0 Å². The topological polar surface area (TPSA) is 269 Å². The Balaban J connectivity index is 0.00000117. The number of benzene rings is 2. The summed E-state index contributed by atoms with van der Waals surface area (Å²) in [6.07, 6.45) is -7.43. The molecule has 0 aliphatic heterocycles. The fourth-order valence-corrected chi connectivity index (χ4v) is 2.81. The molecular weight excluding hydrogens is 593 g/mol. The summed E-state index contributed by atoms with van der Waals surface area (Å²) >= 11 is 0. The number of ether oxygens (including phenoxy) is 2. The lowest BCUT2D eigenvalue weighted by Crippen LogP contribution is -2.48. The van der Waals surface area contributed by atoms with Crippen molar-refractivity contribution in [1.29, 1.82) is 0 Å². The summed E-state index contributed by atoms with van der Waals surface area (Å²) < 4.78 is 42.0. The molecule has 16 nitrogen and oxygen atoms in total. The molecule has 1 atom stereocenters. The normalized spacial score (nSPS) is 11.0. The number of nitrogens with zero attached hydrogens (tertiary/aromatic N) is 2. The van der Waals surface area contributed by atoms with Crippen molar-refractivity contribution in [3.8, 4) is 5.75 Å². The number of esters is 1. The van der Waals surface area contributed by atoms with Crippen molar-refractivity contribution < 1.29 is 71.8 Å². The zero-order valence-corrected chi connectivity index (χ0v) is 21.6. The minimum Gasteiger partial charge on any atom is -0.481 e. The summed E-state index contributed by atoms with van der Waals surface area (Å²) in [6, 6.07) is 9.76. The van der Waals surface area contributed by atoms with Crippen LogP contribution >= 0.6 is 0 Å². The molecule has 0 fully saturated rings. The van der Waals surface area contributed by atoms with Gasteiger partial charge in [0.1, 0.15) is 24.9 Å². The van der Waals surface area contributed by atoms with E-state index < -0.39 is 67.7 Å². The van der Waals surface area contributed by atoms with E-state index in [-0.39, 0.29) is 17.3 Å². The second kappa shape index (κ2) is 15.8. The lowest BCUT2D eigenvalue weighted by atomic mass is 10.2. The van der Waals surface area contributed by atoms with E-state index in [1.165, 1.54) is 48.5 Å². The van der Waals surface area contributed by atoms with Crippen LogP contribution in [-0.4, -0.2) is 86.0 Å². The number of carboxylic acid groups (broad SMARTS) is 4. The molecule has 2 aromatic rings. The minimum atomic E-state index is -5.08.